The van der Waals surface area contributed by atoms with E-state index >= 15 is 0 Å². The molecule has 0 aliphatic carbocycles. The summed E-state index contributed by atoms with van der Waals surface area (Å²) in [7, 11) is -3.30. The van der Waals surface area contributed by atoms with Gasteiger partial charge in [-0.1, -0.05) is 18.6 Å². The predicted octanol–water partition coefficient (Wildman–Crippen LogP) is 2.65. The Bertz CT molecular complexity index is 592. The molecular formula is C15H20N2O2S. The van der Waals surface area contributed by atoms with Crippen LogP contribution in [0, 0.1) is 11.3 Å². The number of hydrogen-bond acceptors (Lipinski definition) is 3. The molecule has 1 aromatic rings. The van der Waals surface area contributed by atoms with E-state index in [1.807, 2.05) is 19.9 Å². The molecule has 0 saturated carbocycles. The summed E-state index contributed by atoms with van der Waals surface area (Å²) in [6, 6.07) is 8.93. The highest BCUT2D eigenvalue weighted by Crippen LogP contribution is 2.27. The first-order chi connectivity index (χ1) is 9.44. The molecule has 2 unspecified atom stereocenters. The molecule has 20 heavy (non-hydrogen) atoms. The van der Waals surface area contributed by atoms with Crippen LogP contribution < -0.4 is 0 Å². The zero-order valence-corrected chi connectivity index (χ0v) is 12.7. The Morgan fingerprint density at radius 1 is 1.20 bits per heavy atom. The van der Waals surface area contributed by atoms with E-state index in [0.29, 0.717) is 5.56 Å². The van der Waals surface area contributed by atoms with Gasteiger partial charge in [0.2, 0.25) is 10.0 Å². The van der Waals surface area contributed by atoms with Gasteiger partial charge in [-0.25, -0.2) is 8.42 Å². The molecule has 0 bridgehead atoms. The van der Waals surface area contributed by atoms with Gasteiger partial charge in [0.15, 0.2) is 0 Å². The lowest BCUT2D eigenvalue weighted by Gasteiger charge is -2.37. The smallest absolute Gasteiger partial charge is 0.212 e. The fraction of sp³-hybridized carbons (Fsp3) is 0.533. The van der Waals surface area contributed by atoms with Crippen LogP contribution in [0.4, 0.5) is 0 Å². The van der Waals surface area contributed by atoms with Gasteiger partial charge in [0, 0.05) is 12.1 Å². The molecule has 4 nitrogen and oxygen atoms in total. The molecule has 5 heteroatoms. The molecule has 0 amide bonds. The van der Waals surface area contributed by atoms with Crippen molar-refractivity contribution in [2.24, 2.45) is 0 Å². The summed E-state index contributed by atoms with van der Waals surface area (Å²) < 4.78 is 26.8. The zero-order chi connectivity index (χ0) is 14.8. The highest BCUT2D eigenvalue weighted by molar-refractivity contribution is 7.88. The molecule has 0 N–H and O–H groups in total. The van der Waals surface area contributed by atoms with E-state index in [4.69, 9.17) is 5.26 Å². The van der Waals surface area contributed by atoms with Gasteiger partial charge < -0.3 is 0 Å². The lowest BCUT2D eigenvalue weighted by atomic mass is 10.0. The van der Waals surface area contributed by atoms with Crippen LogP contribution in [-0.4, -0.2) is 24.8 Å². The van der Waals surface area contributed by atoms with Crippen molar-refractivity contribution in [1.82, 2.24) is 4.31 Å². The van der Waals surface area contributed by atoms with Crippen LogP contribution in [0.25, 0.3) is 0 Å². The van der Waals surface area contributed by atoms with Crippen LogP contribution in [0.5, 0.6) is 0 Å². The minimum absolute atomic E-state index is 0.00733. The summed E-state index contributed by atoms with van der Waals surface area (Å²) in [4.78, 5) is 0. The summed E-state index contributed by atoms with van der Waals surface area (Å²) in [5, 5.41) is 8.76. The predicted molar refractivity (Wildman–Crippen MR) is 78.4 cm³/mol. The van der Waals surface area contributed by atoms with Gasteiger partial charge in [0.25, 0.3) is 0 Å². The largest absolute Gasteiger partial charge is 0.218 e. The normalized spacial score (nSPS) is 24.2. The molecule has 1 saturated heterocycles. The van der Waals surface area contributed by atoms with Gasteiger partial charge in [-0.05, 0) is 44.4 Å². The molecule has 0 radical (unpaired) electrons. The van der Waals surface area contributed by atoms with Gasteiger partial charge in [0.05, 0.1) is 17.4 Å². The SMILES string of the molecule is CC1CCCC(C)N1S(=O)(=O)Cc1ccc(C#N)cc1. The summed E-state index contributed by atoms with van der Waals surface area (Å²) in [6.07, 6.45) is 2.94. The highest BCUT2D eigenvalue weighted by Gasteiger charge is 2.34. The molecule has 0 spiro atoms. The molecule has 1 aliphatic rings. The second-order valence-corrected chi connectivity index (χ2v) is 7.40. The van der Waals surface area contributed by atoms with Crippen LogP contribution in [0.2, 0.25) is 0 Å². The maximum Gasteiger partial charge on any atom is 0.218 e. The standard InChI is InChI=1S/C15H20N2O2S/c1-12-4-3-5-13(2)17(12)20(18,19)11-15-8-6-14(10-16)7-9-15/h6-9,12-13H,3-5,11H2,1-2H3. The lowest BCUT2D eigenvalue weighted by Crippen LogP contribution is -2.47. The number of sulfonamides is 1. The molecular weight excluding hydrogens is 272 g/mol. The average Bonchev–Trinajstić information content (AvgIpc) is 2.38. The van der Waals surface area contributed by atoms with Crippen molar-refractivity contribution in [1.29, 1.82) is 5.26 Å². The van der Waals surface area contributed by atoms with Gasteiger partial charge in [-0.15, -0.1) is 0 Å². The second kappa shape index (κ2) is 5.94. The third-order valence-electron chi connectivity index (χ3n) is 3.87. The van der Waals surface area contributed by atoms with Crippen LogP contribution in [-0.2, 0) is 15.8 Å². The molecule has 0 aromatic heterocycles. The fourth-order valence-electron chi connectivity index (χ4n) is 2.91. The van der Waals surface area contributed by atoms with Crippen LogP contribution in [0.1, 0.15) is 44.2 Å². The number of benzene rings is 1. The lowest BCUT2D eigenvalue weighted by molar-refractivity contribution is 0.204. The fourth-order valence-corrected chi connectivity index (χ4v) is 4.98. The van der Waals surface area contributed by atoms with E-state index in [9.17, 15) is 8.42 Å². The van der Waals surface area contributed by atoms with E-state index in [-0.39, 0.29) is 17.8 Å². The van der Waals surface area contributed by atoms with E-state index < -0.39 is 10.0 Å². The third-order valence-corrected chi connectivity index (χ3v) is 5.93. The molecule has 1 heterocycles. The van der Waals surface area contributed by atoms with Crippen molar-refractivity contribution in [2.75, 3.05) is 0 Å². The quantitative estimate of drug-likeness (QED) is 0.860. The summed E-state index contributed by atoms with van der Waals surface area (Å²) in [6.45, 7) is 3.96. The van der Waals surface area contributed by atoms with Crippen LogP contribution in [0.3, 0.4) is 0 Å². The number of nitrogens with zero attached hydrogens (tertiary/aromatic N) is 2. The maximum atomic E-state index is 12.6. The molecule has 2 rings (SSSR count). The minimum Gasteiger partial charge on any atom is -0.212 e. The van der Waals surface area contributed by atoms with E-state index in [2.05, 4.69) is 0 Å². The number of rotatable bonds is 3. The molecule has 108 valence electrons. The average molecular weight is 292 g/mol. The van der Waals surface area contributed by atoms with Crippen LogP contribution >= 0.6 is 0 Å². The Morgan fingerprint density at radius 2 is 1.75 bits per heavy atom. The van der Waals surface area contributed by atoms with E-state index in [1.54, 1.807) is 28.6 Å². The van der Waals surface area contributed by atoms with Crippen molar-refractivity contribution < 1.29 is 8.42 Å². The van der Waals surface area contributed by atoms with Crippen molar-refractivity contribution in [3.8, 4) is 6.07 Å². The minimum atomic E-state index is -3.30. The summed E-state index contributed by atoms with van der Waals surface area (Å²) in [5.74, 6) is 0.00733. The van der Waals surface area contributed by atoms with Crippen molar-refractivity contribution >= 4 is 10.0 Å². The van der Waals surface area contributed by atoms with E-state index in [0.717, 1.165) is 24.8 Å². The van der Waals surface area contributed by atoms with Gasteiger partial charge in [-0.3, -0.25) is 0 Å². The molecule has 1 fully saturated rings. The van der Waals surface area contributed by atoms with Gasteiger partial charge in [-0.2, -0.15) is 9.57 Å². The van der Waals surface area contributed by atoms with E-state index in [1.165, 1.54) is 0 Å². The number of piperidine rings is 1. The Morgan fingerprint density at radius 3 is 2.25 bits per heavy atom. The van der Waals surface area contributed by atoms with Crippen molar-refractivity contribution in [3.05, 3.63) is 35.4 Å². The zero-order valence-electron chi connectivity index (χ0n) is 11.9. The maximum absolute atomic E-state index is 12.6. The first kappa shape index (κ1) is 15.0. The Balaban J connectivity index is 2.19. The molecule has 1 aliphatic heterocycles. The Labute approximate surface area is 121 Å². The Kier molecular flexibility index (Phi) is 4.46. The monoisotopic (exact) mass is 292 g/mol. The van der Waals surface area contributed by atoms with Crippen molar-refractivity contribution in [2.45, 2.75) is 50.9 Å². The third kappa shape index (κ3) is 3.20. The Hall–Kier alpha value is -1.38. The highest BCUT2D eigenvalue weighted by atomic mass is 32.2. The molecule has 1 aromatic carbocycles. The first-order valence-corrected chi connectivity index (χ1v) is 8.55. The second-order valence-electron chi connectivity index (χ2n) is 5.52. The van der Waals surface area contributed by atoms with Crippen molar-refractivity contribution in [3.63, 3.8) is 0 Å². The number of hydrogen-bond donors (Lipinski definition) is 0. The number of nitriles is 1. The van der Waals surface area contributed by atoms with Crippen LogP contribution in [0.15, 0.2) is 24.3 Å². The topological polar surface area (TPSA) is 61.2 Å². The summed E-state index contributed by atoms with van der Waals surface area (Å²) >= 11 is 0. The molecule has 2 atom stereocenters. The van der Waals surface area contributed by atoms with Gasteiger partial charge >= 0.3 is 0 Å². The first-order valence-electron chi connectivity index (χ1n) is 6.94. The van der Waals surface area contributed by atoms with Gasteiger partial charge in [0.1, 0.15) is 0 Å². The summed E-state index contributed by atoms with van der Waals surface area (Å²) in [5.41, 5.74) is 1.28.